The molecule has 0 bridgehead atoms. The van der Waals surface area contributed by atoms with E-state index in [1.807, 2.05) is 20.8 Å². The molecule has 2 aromatic rings. The van der Waals surface area contributed by atoms with E-state index in [-0.39, 0.29) is 17.5 Å². The minimum absolute atomic E-state index is 0.0696. The van der Waals surface area contributed by atoms with Crippen LogP contribution in [0.3, 0.4) is 0 Å². The van der Waals surface area contributed by atoms with Crippen LogP contribution in [0, 0.1) is 13.8 Å². The van der Waals surface area contributed by atoms with E-state index in [1.165, 1.54) is 0 Å². The third-order valence-electron chi connectivity index (χ3n) is 3.74. The van der Waals surface area contributed by atoms with Gasteiger partial charge in [-0.3, -0.25) is 4.79 Å². The molecular formula is C17H20N2O4. The number of carbonyl (C=O) groups is 2. The Hall–Kier alpha value is -2.63. The summed E-state index contributed by atoms with van der Waals surface area (Å²) in [6.45, 7) is 5.56. The highest BCUT2D eigenvalue weighted by molar-refractivity contribution is 5.87. The fourth-order valence-corrected chi connectivity index (χ4v) is 2.57. The van der Waals surface area contributed by atoms with Gasteiger partial charge in [0, 0.05) is 12.0 Å². The molecule has 1 aromatic carbocycles. The first-order valence-electron chi connectivity index (χ1n) is 7.43. The van der Waals surface area contributed by atoms with Crippen LogP contribution in [-0.2, 0) is 11.2 Å². The predicted octanol–water partition coefficient (Wildman–Crippen LogP) is 2.80. The fourth-order valence-electron chi connectivity index (χ4n) is 2.57. The Bertz CT molecular complexity index is 684. The van der Waals surface area contributed by atoms with Crippen LogP contribution in [0.5, 0.6) is 0 Å². The standard InChI is InChI=1S/C17H20N2O4/c1-10(16-11(2)19-23-12(16)3)18-15(20)9-6-13-4-7-14(8-5-13)17(21)22/h4-5,7-8,10H,6,9H2,1-3H3,(H,18,20)(H,21,22). The molecule has 0 fully saturated rings. The van der Waals surface area contributed by atoms with Crippen LogP contribution in [0.15, 0.2) is 28.8 Å². The molecule has 2 N–H and O–H groups in total. The molecule has 0 aliphatic heterocycles. The smallest absolute Gasteiger partial charge is 0.335 e. The molecule has 1 atom stereocenters. The molecule has 0 saturated heterocycles. The lowest BCUT2D eigenvalue weighted by Gasteiger charge is -2.13. The molecule has 6 nitrogen and oxygen atoms in total. The zero-order valence-electron chi connectivity index (χ0n) is 13.4. The first-order valence-corrected chi connectivity index (χ1v) is 7.43. The van der Waals surface area contributed by atoms with Crippen LogP contribution in [0.25, 0.3) is 0 Å². The van der Waals surface area contributed by atoms with Crippen molar-refractivity contribution in [1.82, 2.24) is 10.5 Å². The number of benzene rings is 1. The molecule has 23 heavy (non-hydrogen) atoms. The van der Waals surface area contributed by atoms with Gasteiger partial charge in [-0.15, -0.1) is 0 Å². The highest BCUT2D eigenvalue weighted by Gasteiger charge is 2.18. The number of nitrogens with one attached hydrogen (secondary N) is 1. The van der Waals surface area contributed by atoms with Gasteiger partial charge in [0.2, 0.25) is 5.91 Å². The van der Waals surface area contributed by atoms with Gasteiger partial charge in [0.1, 0.15) is 5.76 Å². The van der Waals surface area contributed by atoms with Gasteiger partial charge < -0.3 is 14.9 Å². The third kappa shape index (κ3) is 4.18. The molecule has 1 aromatic heterocycles. The Balaban J connectivity index is 1.89. The number of carboxylic acids is 1. The summed E-state index contributed by atoms with van der Waals surface area (Å²) in [6.07, 6.45) is 0.889. The lowest BCUT2D eigenvalue weighted by atomic mass is 10.1. The number of amides is 1. The summed E-state index contributed by atoms with van der Waals surface area (Å²) < 4.78 is 5.11. The van der Waals surface area contributed by atoms with E-state index in [9.17, 15) is 9.59 Å². The predicted molar refractivity (Wildman–Crippen MR) is 84.3 cm³/mol. The lowest BCUT2D eigenvalue weighted by Crippen LogP contribution is -2.27. The Kier molecular flexibility index (Phi) is 5.16. The van der Waals surface area contributed by atoms with E-state index in [0.717, 1.165) is 16.8 Å². The van der Waals surface area contributed by atoms with E-state index in [2.05, 4.69) is 10.5 Å². The van der Waals surface area contributed by atoms with Crippen LogP contribution in [-0.4, -0.2) is 22.1 Å². The van der Waals surface area contributed by atoms with Crippen LogP contribution >= 0.6 is 0 Å². The van der Waals surface area contributed by atoms with Crippen molar-refractivity contribution in [3.63, 3.8) is 0 Å². The minimum atomic E-state index is -0.956. The number of hydrogen-bond acceptors (Lipinski definition) is 4. The van der Waals surface area contributed by atoms with Crippen molar-refractivity contribution in [1.29, 1.82) is 0 Å². The summed E-state index contributed by atoms with van der Waals surface area (Å²) in [5.74, 6) is -0.318. The summed E-state index contributed by atoms with van der Waals surface area (Å²) in [5.41, 5.74) is 2.85. The van der Waals surface area contributed by atoms with Gasteiger partial charge in [0.15, 0.2) is 0 Å². The number of rotatable bonds is 6. The SMILES string of the molecule is Cc1noc(C)c1C(C)NC(=O)CCc1ccc(C(=O)O)cc1. The van der Waals surface area contributed by atoms with E-state index in [1.54, 1.807) is 24.3 Å². The summed E-state index contributed by atoms with van der Waals surface area (Å²) in [6, 6.07) is 6.38. The van der Waals surface area contributed by atoms with Crippen LogP contribution in [0.2, 0.25) is 0 Å². The van der Waals surface area contributed by atoms with Crippen molar-refractivity contribution >= 4 is 11.9 Å². The number of hydrogen-bond donors (Lipinski definition) is 2. The Morgan fingerprint density at radius 3 is 2.43 bits per heavy atom. The summed E-state index contributed by atoms with van der Waals surface area (Å²) in [5, 5.41) is 15.7. The second kappa shape index (κ2) is 7.09. The topological polar surface area (TPSA) is 92.4 Å². The van der Waals surface area contributed by atoms with Gasteiger partial charge in [-0.1, -0.05) is 17.3 Å². The number of aromatic carboxylic acids is 1. The second-order valence-electron chi connectivity index (χ2n) is 5.53. The molecule has 0 spiro atoms. The number of nitrogens with zero attached hydrogens (tertiary/aromatic N) is 1. The van der Waals surface area contributed by atoms with Crippen LogP contribution < -0.4 is 5.32 Å². The second-order valence-corrected chi connectivity index (χ2v) is 5.53. The van der Waals surface area contributed by atoms with Gasteiger partial charge >= 0.3 is 5.97 Å². The van der Waals surface area contributed by atoms with E-state index >= 15 is 0 Å². The molecule has 1 unspecified atom stereocenters. The quantitative estimate of drug-likeness (QED) is 0.855. The average Bonchev–Trinajstić information content (AvgIpc) is 2.84. The first-order chi connectivity index (χ1) is 10.9. The van der Waals surface area contributed by atoms with E-state index in [4.69, 9.17) is 9.63 Å². The molecule has 0 radical (unpaired) electrons. The van der Waals surface area contributed by atoms with Crippen molar-refractivity contribution < 1.29 is 19.2 Å². The summed E-state index contributed by atoms with van der Waals surface area (Å²) in [4.78, 5) is 22.9. The summed E-state index contributed by atoms with van der Waals surface area (Å²) >= 11 is 0. The molecule has 0 saturated carbocycles. The maximum absolute atomic E-state index is 12.1. The van der Waals surface area contributed by atoms with Gasteiger partial charge in [-0.25, -0.2) is 4.79 Å². The molecule has 0 aliphatic rings. The summed E-state index contributed by atoms with van der Waals surface area (Å²) in [7, 11) is 0. The monoisotopic (exact) mass is 316 g/mol. The van der Waals surface area contributed by atoms with Crippen LogP contribution in [0.4, 0.5) is 0 Å². The van der Waals surface area contributed by atoms with Crippen molar-refractivity contribution in [3.8, 4) is 0 Å². The number of carboxylic acid groups (broad SMARTS) is 1. The maximum atomic E-state index is 12.1. The Morgan fingerprint density at radius 1 is 1.26 bits per heavy atom. The zero-order valence-corrected chi connectivity index (χ0v) is 13.4. The first kappa shape index (κ1) is 16.7. The molecular weight excluding hydrogens is 296 g/mol. The third-order valence-corrected chi connectivity index (χ3v) is 3.74. The van der Waals surface area contributed by atoms with Crippen molar-refractivity contribution in [2.75, 3.05) is 0 Å². The average molecular weight is 316 g/mol. The van der Waals surface area contributed by atoms with Gasteiger partial charge in [-0.2, -0.15) is 0 Å². The molecule has 6 heteroatoms. The van der Waals surface area contributed by atoms with Crippen molar-refractivity contribution in [2.24, 2.45) is 0 Å². The number of carbonyl (C=O) groups excluding carboxylic acids is 1. The molecule has 1 heterocycles. The van der Waals surface area contributed by atoms with Crippen molar-refractivity contribution in [2.45, 2.75) is 39.7 Å². The highest BCUT2D eigenvalue weighted by atomic mass is 16.5. The Labute approximate surface area is 134 Å². The highest BCUT2D eigenvalue weighted by Crippen LogP contribution is 2.21. The number of aromatic nitrogens is 1. The molecule has 0 aliphatic carbocycles. The minimum Gasteiger partial charge on any atom is -0.478 e. The zero-order chi connectivity index (χ0) is 17.0. The normalized spacial score (nSPS) is 12.0. The maximum Gasteiger partial charge on any atom is 0.335 e. The Morgan fingerprint density at radius 2 is 1.91 bits per heavy atom. The van der Waals surface area contributed by atoms with Gasteiger partial charge in [-0.05, 0) is 44.9 Å². The lowest BCUT2D eigenvalue weighted by molar-refractivity contribution is -0.121. The van der Waals surface area contributed by atoms with Crippen molar-refractivity contribution in [3.05, 3.63) is 52.4 Å². The van der Waals surface area contributed by atoms with Crippen LogP contribution in [0.1, 0.15) is 52.3 Å². The fraction of sp³-hybridized carbons (Fsp3) is 0.353. The number of aryl methyl sites for hydroxylation is 3. The van der Waals surface area contributed by atoms with Gasteiger partial charge in [0.05, 0.1) is 17.3 Å². The largest absolute Gasteiger partial charge is 0.478 e. The molecule has 122 valence electrons. The van der Waals surface area contributed by atoms with E-state index in [0.29, 0.717) is 18.6 Å². The molecule has 1 amide bonds. The van der Waals surface area contributed by atoms with Gasteiger partial charge in [0.25, 0.3) is 0 Å². The van der Waals surface area contributed by atoms with E-state index < -0.39 is 5.97 Å². The molecule has 2 rings (SSSR count).